The van der Waals surface area contributed by atoms with Gasteiger partial charge in [0.25, 0.3) is 6.01 Å². The molecule has 1 aliphatic heterocycles. The number of ether oxygens (including phenoxy) is 1. The first-order valence-electron chi connectivity index (χ1n) is 7.06. The minimum atomic E-state index is 0. The van der Waals surface area contributed by atoms with Crippen LogP contribution in [0.25, 0.3) is 11.2 Å². The number of halogens is 1. The first-order chi connectivity index (χ1) is 9.42. The van der Waals surface area contributed by atoms with Crippen LogP contribution in [0.5, 0.6) is 6.01 Å². The minimum absolute atomic E-state index is 0. The molecule has 1 fully saturated rings. The molecular weight excluding hydrogens is 276 g/mol. The monoisotopic (exact) mass is 296 g/mol. The molecular formula is C14H21ClN4O. The number of H-pyrrole nitrogens is 1. The molecule has 20 heavy (non-hydrogen) atoms. The number of fused-ring (bicyclic) bond motifs is 1. The van der Waals surface area contributed by atoms with E-state index >= 15 is 0 Å². The van der Waals surface area contributed by atoms with Crippen molar-refractivity contribution in [2.45, 2.75) is 25.7 Å². The van der Waals surface area contributed by atoms with E-state index in [1.807, 2.05) is 12.1 Å². The highest BCUT2D eigenvalue weighted by Gasteiger charge is 2.12. The summed E-state index contributed by atoms with van der Waals surface area (Å²) in [4.78, 5) is 11.6. The van der Waals surface area contributed by atoms with Gasteiger partial charge in [-0.3, -0.25) is 0 Å². The van der Waals surface area contributed by atoms with Gasteiger partial charge in [-0.05, 0) is 56.8 Å². The van der Waals surface area contributed by atoms with Crippen molar-refractivity contribution in [2.24, 2.45) is 5.92 Å². The van der Waals surface area contributed by atoms with Gasteiger partial charge in [-0.1, -0.05) is 0 Å². The molecule has 6 heteroatoms. The Kier molecular flexibility index (Phi) is 5.61. The van der Waals surface area contributed by atoms with E-state index in [-0.39, 0.29) is 12.4 Å². The van der Waals surface area contributed by atoms with Crippen LogP contribution >= 0.6 is 12.4 Å². The SMILES string of the molecule is Cl.c1cnc2nc(OCCCC3CCCNC3)[nH]c2c1. The molecule has 0 radical (unpaired) electrons. The van der Waals surface area contributed by atoms with Crippen LogP contribution < -0.4 is 10.1 Å². The topological polar surface area (TPSA) is 62.8 Å². The molecule has 3 rings (SSSR count). The van der Waals surface area contributed by atoms with Crippen LogP contribution in [0.4, 0.5) is 0 Å². The molecule has 1 unspecified atom stereocenters. The van der Waals surface area contributed by atoms with Crippen LogP contribution in [0.15, 0.2) is 18.3 Å². The van der Waals surface area contributed by atoms with E-state index in [4.69, 9.17) is 4.74 Å². The zero-order valence-electron chi connectivity index (χ0n) is 11.5. The third-order valence-electron chi connectivity index (χ3n) is 3.63. The molecule has 0 spiro atoms. The molecule has 1 aliphatic rings. The molecule has 0 aliphatic carbocycles. The number of hydrogen-bond acceptors (Lipinski definition) is 4. The lowest BCUT2D eigenvalue weighted by Crippen LogP contribution is -2.29. The lowest BCUT2D eigenvalue weighted by molar-refractivity contribution is 0.262. The molecule has 2 N–H and O–H groups in total. The summed E-state index contributed by atoms with van der Waals surface area (Å²) in [6.07, 6.45) is 6.70. The maximum Gasteiger partial charge on any atom is 0.296 e. The van der Waals surface area contributed by atoms with E-state index in [1.165, 1.54) is 25.8 Å². The fourth-order valence-corrected chi connectivity index (χ4v) is 2.60. The Bertz CT molecular complexity index is 492. The zero-order valence-corrected chi connectivity index (χ0v) is 12.3. The Hall–Kier alpha value is -1.33. The Morgan fingerprint density at radius 2 is 2.35 bits per heavy atom. The molecule has 2 aromatic heterocycles. The highest BCUT2D eigenvalue weighted by atomic mass is 35.5. The van der Waals surface area contributed by atoms with Gasteiger partial charge < -0.3 is 15.0 Å². The van der Waals surface area contributed by atoms with Crippen LogP contribution in [0.2, 0.25) is 0 Å². The summed E-state index contributed by atoms with van der Waals surface area (Å²) in [6.45, 7) is 3.06. The minimum Gasteiger partial charge on any atom is -0.465 e. The quantitative estimate of drug-likeness (QED) is 0.832. The van der Waals surface area contributed by atoms with E-state index in [9.17, 15) is 0 Å². The molecule has 2 aromatic rings. The second kappa shape index (κ2) is 7.45. The van der Waals surface area contributed by atoms with Gasteiger partial charge in [-0.2, -0.15) is 4.98 Å². The first kappa shape index (κ1) is 15.1. The molecule has 5 nitrogen and oxygen atoms in total. The predicted molar refractivity (Wildman–Crippen MR) is 81.5 cm³/mol. The largest absolute Gasteiger partial charge is 0.465 e. The summed E-state index contributed by atoms with van der Waals surface area (Å²) < 4.78 is 5.65. The second-order valence-corrected chi connectivity index (χ2v) is 5.12. The fraction of sp³-hybridized carbons (Fsp3) is 0.571. The average Bonchev–Trinajstić information content (AvgIpc) is 2.87. The van der Waals surface area contributed by atoms with Crippen LogP contribution in [0, 0.1) is 5.92 Å². The molecule has 0 bridgehead atoms. The molecule has 0 aromatic carbocycles. The van der Waals surface area contributed by atoms with Crippen molar-refractivity contribution in [2.75, 3.05) is 19.7 Å². The first-order valence-corrected chi connectivity index (χ1v) is 7.06. The number of imidazole rings is 1. The molecule has 1 atom stereocenters. The normalized spacial score (nSPS) is 18.7. The van der Waals surface area contributed by atoms with Crippen molar-refractivity contribution in [3.8, 4) is 6.01 Å². The van der Waals surface area contributed by atoms with Gasteiger partial charge in [0.2, 0.25) is 0 Å². The second-order valence-electron chi connectivity index (χ2n) is 5.12. The van der Waals surface area contributed by atoms with Gasteiger partial charge in [0.05, 0.1) is 12.1 Å². The number of aromatic amines is 1. The van der Waals surface area contributed by atoms with E-state index in [1.54, 1.807) is 6.20 Å². The lowest BCUT2D eigenvalue weighted by atomic mass is 9.95. The fourth-order valence-electron chi connectivity index (χ4n) is 2.60. The summed E-state index contributed by atoms with van der Waals surface area (Å²) in [5.41, 5.74) is 1.64. The lowest BCUT2D eigenvalue weighted by Gasteiger charge is -2.22. The number of nitrogens with zero attached hydrogens (tertiary/aromatic N) is 2. The number of nitrogens with one attached hydrogen (secondary N) is 2. The molecule has 1 saturated heterocycles. The third-order valence-corrected chi connectivity index (χ3v) is 3.63. The molecule has 110 valence electrons. The number of aromatic nitrogens is 3. The van der Waals surface area contributed by atoms with Crippen LogP contribution in [0.1, 0.15) is 25.7 Å². The van der Waals surface area contributed by atoms with Crippen molar-refractivity contribution < 1.29 is 4.74 Å². The summed E-state index contributed by atoms with van der Waals surface area (Å²) in [6, 6.07) is 4.42. The van der Waals surface area contributed by atoms with Gasteiger partial charge in [0.1, 0.15) is 0 Å². The highest BCUT2D eigenvalue weighted by Crippen LogP contribution is 2.17. The standard InChI is InChI=1S/C14H20N4O.ClH/c1-4-11(10-15-7-1)5-3-9-19-14-17-12-6-2-8-16-13(12)18-14;/h2,6,8,11,15H,1,3-5,7,9-10H2,(H,16,17,18);1H. The summed E-state index contributed by atoms with van der Waals surface area (Å²) in [7, 11) is 0. The molecule has 0 saturated carbocycles. The van der Waals surface area contributed by atoms with Crippen LogP contribution in [-0.2, 0) is 0 Å². The van der Waals surface area contributed by atoms with E-state index in [0.717, 1.165) is 31.0 Å². The zero-order chi connectivity index (χ0) is 12.9. The number of hydrogen-bond donors (Lipinski definition) is 2. The van der Waals surface area contributed by atoms with Gasteiger partial charge >= 0.3 is 0 Å². The van der Waals surface area contributed by atoms with Crippen molar-refractivity contribution in [3.05, 3.63) is 18.3 Å². The Labute approximate surface area is 124 Å². The van der Waals surface area contributed by atoms with Gasteiger partial charge in [0, 0.05) is 6.20 Å². The van der Waals surface area contributed by atoms with E-state index < -0.39 is 0 Å². The van der Waals surface area contributed by atoms with Crippen LogP contribution in [-0.4, -0.2) is 34.6 Å². The van der Waals surface area contributed by atoms with Crippen molar-refractivity contribution in [1.82, 2.24) is 20.3 Å². The Balaban J connectivity index is 0.00000147. The Morgan fingerprint density at radius 3 is 3.15 bits per heavy atom. The predicted octanol–water partition coefficient (Wildman–Crippen LogP) is 2.54. The summed E-state index contributed by atoms with van der Waals surface area (Å²) in [5, 5.41) is 3.44. The number of pyridine rings is 1. The average molecular weight is 297 g/mol. The highest BCUT2D eigenvalue weighted by molar-refractivity contribution is 5.85. The third kappa shape index (κ3) is 3.84. The summed E-state index contributed by atoms with van der Waals surface area (Å²) >= 11 is 0. The van der Waals surface area contributed by atoms with Crippen molar-refractivity contribution >= 4 is 23.6 Å². The number of piperidine rings is 1. The molecule has 0 amide bonds. The van der Waals surface area contributed by atoms with Gasteiger partial charge in [0.15, 0.2) is 5.65 Å². The maximum atomic E-state index is 5.65. The van der Waals surface area contributed by atoms with Crippen LogP contribution in [0.3, 0.4) is 0 Å². The van der Waals surface area contributed by atoms with Crippen molar-refractivity contribution in [1.29, 1.82) is 0 Å². The van der Waals surface area contributed by atoms with E-state index in [2.05, 4.69) is 20.3 Å². The number of rotatable bonds is 5. The van der Waals surface area contributed by atoms with E-state index in [0.29, 0.717) is 11.7 Å². The van der Waals surface area contributed by atoms with Crippen molar-refractivity contribution in [3.63, 3.8) is 0 Å². The van der Waals surface area contributed by atoms with Gasteiger partial charge in [-0.15, -0.1) is 12.4 Å². The Morgan fingerprint density at radius 1 is 1.40 bits per heavy atom. The summed E-state index contributed by atoms with van der Waals surface area (Å²) in [5.74, 6) is 0.815. The molecule has 3 heterocycles. The maximum absolute atomic E-state index is 5.65. The van der Waals surface area contributed by atoms with Gasteiger partial charge in [-0.25, -0.2) is 4.98 Å². The smallest absolute Gasteiger partial charge is 0.296 e.